The molecule has 0 fully saturated rings. The zero-order chi connectivity index (χ0) is 15.4. The fourth-order valence-electron chi connectivity index (χ4n) is 1.74. The first-order valence-corrected chi connectivity index (χ1v) is 7.69. The van der Waals surface area contributed by atoms with Gasteiger partial charge in [0.15, 0.2) is 11.5 Å². The van der Waals surface area contributed by atoms with Gasteiger partial charge in [-0.2, -0.15) is 0 Å². The maximum atomic E-state index is 12.2. The number of phenolic OH excluding ortho intramolecular Hbond substituents is 1. The molecule has 6 heteroatoms. The Kier molecular flexibility index (Phi) is 5.30. The van der Waals surface area contributed by atoms with Gasteiger partial charge in [0.1, 0.15) is 0 Å². The number of hydrogen-bond acceptors (Lipinski definition) is 3. The molecule has 0 aromatic heterocycles. The number of carbonyl (C=O) groups excluding carboxylic acids is 1. The molecule has 2 rings (SSSR count). The average molecular weight is 418 g/mol. The quantitative estimate of drug-likeness (QED) is 0.729. The van der Waals surface area contributed by atoms with Gasteiger partial charge < -0.3 is 15.2 Å². The third-order valence-electron chi connectivity index (χ3n) is 2.67. The minimum atomic E-state index is -0.320. The lowest BCUT2D eigenvalue weighted by atomic mass is 10.1. The summed E-state index contributed by atoms with van der Waals surface area (Å²) in [6.45, 7) is 2.15. The number of nitrogens with one attached hydrogen (secondary N) is 1. The molecule has 0 aliphatic rings. The van der Waals surface area contributed by atoms with Crippen molar-refractivity contribution in [3.63, 3.8) is 0 Å². The van der Waals surface area contributed by atoms with Crippen LogP contribution in [0, 0.1) is 3.57 Å². The number of aromatic hydroxyl groups is 1. The molecule has 2 aromatic carbocycles. The maximum Gasteiger partial charge on any atom is 0.255 e. The Labute approximate surface area is 141 Å². The SMILES string of the molecule is CCOc1cc(C(=O)Nc2cccc(I)c2)cc(Cl)c1O. The number of carbonyl (C=O) groups is 1. The fraction of sp³-hybridized carbons (Fsp3) is 0.133. The molecule has 0 bridgehead atoms. The van der Waals surface area contributed by atoms with Crippen LogP contribution >= 0.6 is 34.2 Å². The lowest BCUT2D eigenvalue weighted by molar-refractivity contribution is 0.102. The van der Waals surface area contributed by atoms with Crippen molar-refractivity contribution in [2.24, 2.45) is 0 Å². The van der Waals surface area contributed by atoms with E-state index in [1.807, 2.05) is 18.2 Å². The maximum absolute atomic E-state index is 12.2. The molecule has 2 aromatic rings. The molecule has 1 amide bonds. The van der Waals surface area contributed by atoms with Crippen molar-refractivity contribution in [3.05, 3.63) is 50.6 Å². The molecular weight excluding hydrogens is 405 g/mol. The number of rotatable bonds is 4. The molecule has 0 atom stereocenters. The van der Waals surface area contributed by atoms with Crippen LogP contribution in [0.2, 0.25) is 5.02 Å². The molecular formula is C15H13ClINO3. The summed E-state index contributed by atoms with van der Waals surface area (Å²) in [7, 11) is 0. The summed E-state index contributed by atoms with van der Waals surface area (Å²) in [5.41, 5.74) is 1.01. The van der Waals surface area contributed by atoms with Crippen LogP contribution in [0.1, 0.15) is 17.3 Å². The summed E-state index contributed by atoms with van der Waals surface area (Å²) in [4.78, 5) is 12.2. The van der Waals surface area contributed by atoms with Gasteiger partial charge in [-0.15, -0.1) is 0 Å². The van der Waals surface area contributed by atoms with Crippen molar-refractivity contribution in [2.75, 3.05) is 11.9 Å². The highest BCUT2D eigenvalue weighted by atomic mass is 127. The standard InChI is InChI=1S/C15H13ClINO3/c1-2-21-13-7-9(6-12(16)14(13)19)15(20)18-11-5-3-4-10(17)8-11/h3-8,19H,2H2,1H3,(H,18,20). The second kappa shape index (κ2) is 7.00. The molecule has 2 N–H and O–H groups in total. The molecule has 0 saturated heterocycles. The Morgan fingerprint density at radius 2 is 2.14 bits per heavy atom. The van der Waals surface area contributed by atoms with Crippen LogP contribution in [0.15, 0.2) is 36.4 Å². The van der Waals surface area contributed by atoms with Crippen molar-refractivity contribution in [2.45, 2.75) is 6.92 Å². The molecule has 0 heterocycles. The highest BCUT2D eigenvalue weighted by Crippen LogP contribution is 2.35. The second-order valence-electron chi connectivity index (χ2n) is 4.20. The van der Waals surface area contributed by atoms with E-state index in [0.29, 0.717) is 17.9 Å². The van der Waals surface area contributed by atoms with Crippen LogP contribution in [-0.4, -0.2) is 17.6 Å². The molecule has 0 aliphatic heterocycles. The lowest BCUT2D eigenvalue weighted by Crippen LogP contribution is -2.12. The number of anilines is 1. The highest BCUT2D eigenvalue weighted by Gasteiger charge is 2.14. The van der Waals surface area contributed by atoms with Crippen molar-refractivity contribution in [3.8, 4) is 11.5 Å². The Hall–Kier alpha value is -1.47. The van der Waals surface area contributed by atoms with Crippen LogP contribution in [0.25, 0.3) is 0 Å². The van der Waals surface area contributed by atoms with E-state index in [9.17, 15) is 9.90 Å². The summed E-state index contributed by atoms with van der Waals surface area (Å²) in [5, 5.41) is 12.6. The van der Waals surface area contributed by atoms with Crippen LogP contribution in [0.3, 0.4) is 0 Å². The summed E-state index contributed by atoms with van der Waals surface area (Å²) < 4.78 is 6.28. The lowest BCUT2D eigenvalue weighted by Gasteiger charge is -2.11. The Balaban J connectivity index is 2.27. The third kappa shape index (κ3) is 4.01. The summed E-state index contributed by atoms with van der Waals surface area (Å²) in [5.74, 6) is -0.290. The smallest absolute Gasteiger partial charge is 0.255 e. The Morgan fingerprint density at radius 3 is 2.81 bits per heavy atom. The first kappa shape index (κ1) is 15.9. The van der Waals surface area contributed by atoms with Crippen LogP contribution in [0.4, 0.5) is 5.69 Å². The molecule has 21 heavy (non-hydrogen) atoms. The van der Waals surface area contributed by atoms with Crippen LogP contribution in [-0.2, 0) is 0 Å². The number of hydrogen-bond donors (Lipinski definition) is 2. The normalized spacial score (nSPS) is 10.2. The monoisotopic (exact) mass is 417 g/mol. The molecule has 0 saturated carbocycles. The van der Waals surface area contributed by atoms with Crippen molar-refractivity contribution in [1.82, 2.24) is 0 Å². The Morgan fingerprint density at radius 1 is 1.38 bits per heavy atom. The summed E-state index contributed by atoms with van der Waals surface area (Å²) >= 11 is 8.08. The van der Waals surface area contributed by atoms with E-state index in [1.165, 1.54) is 12.1 Å². The minimum absolute atomic E-state index is 0.0775. The minimum Gasteiger partial charge on any atom is -0.503 e. The van der Waals surface area contributed by atoms with Crippen molar-refractivity contribution >= 4 is 45.8 Å². The first-order valence-electron chi connectivity index (χ1n) is 6.23. The predicted octanol–water partition coefficient (Wildman–Crippen LogP) is 4.30. The average Bonchev–Trinajstić information content (AvgIpc) is 2.43. The summed E-state index contributed by atoms with van der Waals surface area (Å²) in [6, 6.07) is 10.3. The number of ether oxygens (including phenoxy) is 1. The molecule has 0 spiro atoms. The van der Waals surface area contributed by atoms with E-state index in [0.717, 1.165) is 3.57 Å². The number of phenols is 1. The van der Waals surface area contributed by atoms with Gasteiger partial charge >= 0.3 is 0 Å². The van der Waals surface area contributed by atoms with Crippen molar-refractivity contribution < 1.29 is 14.6 Å². The topological polar surface area (TPSA) is 58.6 Å². The van der Waals surface area contributed by atoms with Gasteiger partial charge in [0.25, 0.3) is 5.91 Å². The molecule has 0 aliphatic carbocycles. The van der Waals surface area contributed by atoms with Gasteiger partial charge in [-0.3, -0.25) is 4.79 Å². The van der Waals surface area contributed by atoms with E-state index in [2.05, 4.69) is 27.9 Å². The van der Waals surface area contributed by atoms with Gasteiger partial charge in [0.2, 0.25) is 0 Å². The van der Waals surface area contributed by atoms with Gasteiger partial charge in [0.05, 0.1) is 11.6 Å². The first-order chi connectivity index (χ1) is 10.0. The number of halogens is 2. The second-order valence-corrected chi connectivity index (χ2v) is 5.86. The number of amides is 1. The van der Waals surface area contributed by atoms with Gasteiger partial charge in [-0.05, 0) is 59.8 Å². The van der Waals surface area contributed by atoms with Gasteiger partial charge in [-0.1, -0.05) is 17.7 Å². The predicted molar refractivity (Wildman–Crippen MR) is 91.4 cm³/mol. The highest BCUT2D eigenvalue weighted by molar-refractivity contribution is 14.1. The largest absolute Gasteiger partial charge is 0.503 e. The van der Waals surface area contributed by atoms with E-state index in [1.54, 1.807) is 13.0 Å². The van der Waals surface area contributed by atoms with E-state index >= 15 is 0 Å². The fourth-order valence-corrected chi connectivity index (χ4v) is 2.49. The van der Waals surface area contributed by atoms with Gasteiger partial charge in [0, 0.05) is 14.8 Å². The molecule has 110 valence electrons. The van der Waals surface area contributed by atoms with E-state index < -0.39 is 0 Å². The zero-order valence-electron chi connectivity index (χ0n) is 11.2. The molecule has 0 radical (unpaired) electrons. The zero-order valence-corrected chi connectivity index (χ0v) is 14.1. The van der Waals surface area contributed by atoms with Gasteiger partial charge in [-0.25, -0.2) is 0 Å². The van der Waals surface area contributed by atoms with Crippen LogP contribution < -0.4 is 10.1 Å². The van der Waals surface area contributed by atoms with E-state index in [-0.39, 0.29) is 22.4 Å². The van der Waals surface area contributed by atoms with Crippen molar-refractivity contribution in [1.29, 1.82) is 0 Å². The number of benzene rings is 2. The molecule has 0 unspecified atom stereocenters. The summed E-state index contributed by atoms with van der Waals surface area (Å²) in [6.07, 6.45) is 0. The Bertz CT molecular complexity index is 676. The van der Waals surface area contributed by atoms with E-state index in [4.69, 9.17) is 16.3 Å². The van der Waals surface area contributed by atoms with Crippen LogP contribution in [0.5, 0.6) is 11.5 Å². The third-order valence-corrected chi connectivity index (χ3v) is 3.63. The molecule has 4 nitrogen and oxygen atoms in total.